The first-order chi connectivity index (χ1) is 23.1. The van der Waals surface area contributed by atoms with Gasteiger partial charge in [-0.2, -0.15) is 0 Å². The summed E-state index contributed by atoms with van der Waals surface area (Å²) in [6.45, 7) is 14.0. The highest BCUT2D eigenvalue weighted by Crippen LogP contribution is 2.50. The Hall–Kier alpha value is -4.86. The first-order valence-electron chi connectivity index (χ1n) is 17.0. The van der Waals surface area contributed by atoms with Crippen molar-refractivity contribution in [1.29, 1.82) is 0 Å². The number of furan rings is 1. The van der Waals surface area contributed by atoms with Gasteiger partial charge in [-0.15, -0.1) is 11.3 Å². The summed E-state index contributed by atoms with van der Waals surface area (Å²) in [4.78, 5) is 2.39. The summed E-state index contributed by atoms with van der Waals surface area (Å²) in [6, 6.07) is 42.7. The van der Waals surface area contributed by atoms with E-state index in [2.05, 4.69) is 150 Å². The fourth-order valence-corrected chi connectivity index (χ4v) is 9.67. The second-order valence-corrected chi connectivity index (χ2v) is 16.2. The van der Waals surface area contributed by atoms with Crippen LogP contribution in [-0.4, -0.2) is 0 Å². The molecule has 2 heterocycles. The number of fused-ring (bicyclic) bond motifs is 7. The highest BCUT2D eigenvalue weighted by Gasteiger charge is 2.41. The lowest BCUT2D eigenvalue weighted by atomic mass is 9.82. The van der Waals surface area contributed by atoms with Gasteiger partial charge < -0.3 is 9.32 Å². The molecule has 48 heavy (non-hydrogen) atoms. The number of nitrogens with zero attached hydrogens (tertiary/aromatic N) is 1. The van der Waals surface area contributed by atoms with E-state index in [1.807, 2.05) is 23.5 Å². The molecule has 0 atom stereocenters. The maximum Gasteiger partial charge on any atom is 0.137 e. The largest absolute Gasteiger partial charge is 0.456 e. The molecule has 0 fully saturated rings. The molecule has 3 heteroatoms. The normalized spacial score (nSPS) is 15.1. The van der Waals surface area contributed by atoms with Crippen LogP contribution >= 0.6 is 11.3 Å². The van der Waals surface area contributed by atoms with Gasteiger partial charge in [0.15, 0.2) is 0 Å². The Morgan fingerprint density at radius 3 is 2.04 bits per heavy atom. The van der Waals surface area contributed by atoms with E-state index in [1.54, 1.807) is 0 Å². The summed E-state index contributed by atoms with van der Waals surface area (Å²) < 4.78 is 9.03. The Morgan fingerprint density at radius 2 is 1.19 bits per heavy atom. The van der Waals surface area contributed by atoms with Crippen molar-refractivity contribution in [3.8, 4) is 11.1 Å². The summed E-state index contributed by atoms with van der Waals surface area (Å²) in [5.74, 6) is 0. The van der Waals surface area contributed by atoms with Gasteiger partial charge in [0, 0.05) is 54.1 Å². The number of hydrogen-bond donors (Lipinski definition) is 0. The number of anilines is 3. The minimum atomic E-state index is 0.150. The molecule has 0 bridgehead atoms. The molecule has 236 valence electrons. The summed E-state index contributed by atoms with van der Waals surface area (Å²) in [6.07, 6.45) is 1.16. The van der Waals surface area contributed by atoms with Gasteiger partial charge in [0.25, 0.3) is 0 Å². The maximum absolute atomic E-state index is 6.39. The van der Waals surface area contributed by atoms with Crippen LogP contribution in [0, 0.1) is 13.8 Å². The van der Waals surface area contributed by atoms with Crippen LogP contribution in [0.4, 0.5) is 17.1 Å². The minimum Gasteiger partial charge on any atom is -0.456 e. The zero-order valence-corrected chi connectivity index (χ0v) is 29.3. The highest BCUT2D eigenvalue weighted by atomic mass is 32.1. The molecule has 2 nitrogen and oxygen atoms in total. The smallest absolute Gasteiger partial charge is 0.137 e. The van der Waals surface area contributed by atoms with Crippen molar-refractivity contribution >= 4 is 70.5 Å². The summed E-state index contributed by atoms with van der Waals surface area (Å²) in [5.41, 5.74) is 13.6. The third kappa shape index (κ3) is 4.52. The number of hydrogen-bond acceptors (Lipinski definition) is 3. The van der Waals surface area contributed by atoms with Crippen molar-refractivity contribution in [1.82, 2.24) is 0 Å². The molecule has 1 aliphatic rings. The lowest BCUT2D eigenvalue weighted by Crippen LogP contribution is -2.17. The van der Waals surface area contributed by atoms with Gasteiger partial charge in [-0.25, -0.2) is 0 Å². The zero-order valence-electron chi connectivity index (χ0n) is 28.4. The number of para-hydroxylation sites is 1. The van der Waals surface area contributed by atoms with Crippen LogP contribution in [0.5, 0.6) is 0 Å². The van der Waals surface area contributed by atoms with Crippen molar-refractivity contribution < 1.29 is 4.42 Å². The number of thiophene rings is 1. The molecular formula is C45H39NOS. The first-order valence-corrected chi connectivity index (χ1v) is 17.8. The summed E-state index contributed by atoms with van der Waals surface area (Å²) >= 11 is 1.88. The van der Waals surface area contributed by atoms with Gasteiger partial charge in [-0.05, 0) is 119 Å². The van der Waals surface area contributed by atoms with E-state index in [-0.39, 0.29) is 10.8 Å². The lowest BCUT2D eigenvalue weighted by molar-refractivity contribution is 0.403. The molecule has 0 spiro atoms. The molecule has 0 saturated carbocycles. The third-order valence-electron chi connectivity index (χ3n) is 10.7. The van der Waals surface area contributed by atoms with Crippen LogP contribution in [-0.2, 0) is 10.8 Å². The van der Waals surface area contributed by atoms with Crippen molar-refractivity contribution in [2.24, 2.45) is 0 Å². The second-order valence-electron chi connectivity index (χ2n) is 15.1. The van der Waals surface area contributed by atoms with E-state index in [4.69, 9.17) is 4.42 Å². The third-order valence-corrected chi connectivity index (χ3v) is 11.9. The van der Waals surface area contributed by atoms with E-state index in [9.17, 15) is 0 Å². The van der Waals surface area contributed by atoms with Crippen molar-refractivity contribution in [3.63, 3.8) is 0 Å². The number of aryl methyl sites for hydroxylation is 2. The average Bonchev–Trinajstić information content (AvgIpc) is 3.67. The first kappa shape index (κ1) is 29.3. The van der Waals surface area contributed by atoms with Crippen molar-refractivity contribution in [2.75, 3.05) is 4.90 Å². The molecule has 0 amide bonds. The van der Waals surface area contributed by atoms with Gasteiger partial charge in [-0.1, -0.05) is 82.3 Å². The Labute approximate surface area is 286 Å². The number of benzene rings is 6. The molecule has 0 unspecified atom stereocenters. The SMILES string of the molecule is Cc1cc2sc3cc(N(c4cccc(-c5ccc6c(c5)C(C)(C)CC6(C)C)c4)c4ccc5c(c4)oc4ccccc45)ccc3c2cc1C. The Morgan fingerprint density at radius 1 is 0.521 bits per heavy atom. The van der Waals surface area contributed by atoms with Gasteiger partial charge >= 0.3 is 0 Å². The van der Waals surface area contributed by atoms with Crippen LogP contribution in [0.25, 0.3) is 53.2 Å². The zero-order chi connectivity index (χ0) is 32.9. The van der Waals surface area contributed by atoms with Crippen molar-refractivity contribution in [2.45, 2.75) is 58.8 Å². The Balaban J connectivity index is 1.22. The molecular weight excluding hydrogens is 603 g/mol. The van der Waals surface area contributed by atoms with Crippen molar-refractivity contribution in [3.05, 3.63) is 138 Å². The molecule has 9 rings (SSSR count). The maximum atomic E-state index is 6.39. The highest BCUT2D eigenvalue weighted by molar-refractivity contribution is 7.25. The monoisotopic (exact) mass is 641 g/mol. The topological polar surface area (TPSA) is 16.4 Å². The predicted molar refractivity (Wildman–Crippen MR) is 207 cm³/mol. The van der Waals surface area contributed by atoms with Crippen LogP contribution in [0.2, 0.25) is 0 Å². The van der Waals surface area contributed by atoms with Crippen LogP contribution in [0.3, 0.4) is 0 Å². The van der Waals surface area contributed by atoms with E-state index in [1.165, 1.54) is 53.6 Å². The fraction of sp³-hybridized carbons (Fsp3) is 0.200. The van der Waals surface area contributed by atoms with Gasteiger partial charge in [-0.3, -0.25) is 0 Å². The van der Waals surface area contributed by atoms with E-state index < -0.39 is 0 Å². The van der Waals surface area contributed by atoms with Crippen LogP contribution in [0.15, 0.2) is 120 Å². The quantitative estimate of drug-likeness (QED) is 0.190. The summed E-state index contributed by atoms with van der Waals surface area (Å²) in [5, 5.41) is 4.93. The van der Waals surface area contributed by atoms with Crippen LogP contribution in [0.1, 0.15) is 56.4 Å². The Kier molecular flexibility index (Phi) is 6.30. The molecule has 0 aliphatic heterocycles. The molecule has 0 radical (unpaired) electrons. The molecule has 0 N–H and O–H groups in total. The molecule has 2 aromatic heterocycles. The second kappa shape index (κ2) is 10.3. The van der Waals surface area contributed by atoms with Gasteiger partial charge in [0.2, 0.25) is 0 Å². The van der Waals surface area contributed by atoms with Crippen LogP contribution < -0.4 is 4.90 Å². The summed E-state index contributed by atoms with van der Waals surface area (Å²) in [7, 11) is 0. The molecule has 0 saturated heterocycles. The van der Waals surface area contributed by atoms with Gasteiger partial charge in [0.05, 0.1) is 0 Å². The Bertz CT molecular complexity index is 2580. The lowest BCUT2D eigenvalue weighted by Gasteiger charge is -2.26. The van der Waals surface area contributed by atoms with Gasteiger partial charge in [0.1, 0.15) is 11.2 Å². The molecule has 1 aliphatic carbocycles. The number of rotatable bonds is 4. The fourth-order valence-electron chi connectivity index (χ4n) is 8.45. The average molecular weight is 642 g/mol. The molecule has 6 aromatic carbocycles. The standard InChI is InChI=1S/C45H39NOS/c1-27-20-37-36-18-16-33(25-43(36)48-42(37)21-28(27)2)46(32-15-17-35-34-12-7-8-13-40(34)47-41(35)24-32)31-11-9-10-29(22-31)30-14-19-38-39(23-30)45(5,6)26-44(38,3)4/h7-25H,26H2,1-6H3. The van der Waals surface area contributed by atoms with E-state index in [0.29, 0.717) is 0 Å². The molecule has 8 aromatic rings. The van der Waals surface area contributed by atoms with E-state index in [0.717, 1.165) is 45.4 Å². The minimum absolute atomic E-state index is 0.150. The van der Waals surface area contributed by atoms with E-state index >= 15 is 0 Å². The predicted octanol–water partition coefficient (Wildman–Crippen LogP) is 13.7.